The number of nitrogens with two attached hydrogens (primary N) is 1. The third kappa shape index (κ3) is 4.22. The predicted octanol–water partition coefficient (Wildman–Crippen LogP) is 0.972. The average molecular weight is 349 g/mol. The molecule has 7 nitrogen and oxygen atoms in total. The molecule has 2 unspecified atom stereocenters. The largest absolute Gasteiger partial charge is 0.493 e. The quantitative estimate of drug-likeness (QED) is 0.856. The van der Waals surface area contributed by atoms with Gasteiger partial charge in [-0.15, -0.1) is 0 Å². The van der Waals surface area contributed by atoms with Crippen LogP contribution in [0.3, 0.4) is 0 Å². The molecule has 0 spiro atoms. The van der Waals surface area contributed by atoms with Crippen LogP contribution >= 0.6 is 0 Å². The molecule has 1 fully saturated rings. The van der Waals surface area contributed by atoms with Crippen molar-refractivity contribution in [2.45, 2.75) is 19.9 Å². The van der Waals surface area contributed by atoms with Gasteiger partial charge in [-0.2, -0.15) is 0 Å². The Labute approximate surface area is 148 Å². The first kappa shape index (κ1) is 19.1. The van der Waals surface area contributed by atoms with Crippen LogP contribution in [-0.4, -0.2) is 68.1 Å². The Morgan fingerprint density at radius 2 is 1.56 bits per heavy atom. The summed E-state index contributed by atoms with van der Waals surface area (Å²) in [4.78, 5) is 28.6. The van der Waals surface area contributed by atoms with E-state index in [1.807, 2.05) is 13.8 Å². The van der Waals surface area contributed by atoms with Gasteiger partial charge in [0.15, 0.2) is 11.5 Å². The molecule has 7 heteroatoms. The summed E-state index contributed by atoms with van der Waals surface area (Å²) >= 11 is 0. The molecule has 1 aliphatic heterocycles. The van der Waals surface area contributed by atoms with Crippen LogP contribution in [0.4, 0.5) is 0 Å². The van der Waals surface area contributed by atoms with Crippen LogP contribution in [-0.2, 0) is 4.79 Å². The van der Waals surface area contributed by atoms with Crippen molar-refractivity contribution >= 4 is 11.8 Å². The molecule has 2 amide bonds. The van der Waals surface area contributed by atoms with Crippen molar-refractivity contribution in [3.05, 3.63) is 23.8 Å². The minimum atomic E-state index is -0.215. The normalized spacial score (nSPS) is 17.0. The second kappa shape index (κ2) is 8.20. The Morgan fingerprint density at radius 3 is 2.08 bits per heavy atom. The molecule has 1 aliphatic rings. The highest BCUT2D eigenvalue weighted by Gasteiger charge is 2.28. The highest BCUT2D eigenvalue weighted by atomic mass is 16.5. The van der Waals surface area contributed by atoms with Crippen LogP contribution in [0, 0.1) is 5.92 Å². The molecule has 0 bridgehead atoms. The highest BCUT2D eigenvalue weighted by Crippen LogP contribution is 2.28. The van der Waals surface area contributed by atoms with Gasteiger partial charge in [-0.25, -0.2) is 0 Å². The van der Waals surface area contributed by atoms with Crippen LogP contribution in [0.2, 0.25) is 0 Å². The van der Waals surface area contributed by atoms with Crippen molar-refractivity contribution in [3.63, 3.8) is 0 Å². The Bertz CT molecular complexity index is 625. The third-order valence-corrected chi connectivity index (χ3v) is 4.69. The van der Waals surface area contributed by atoms with Gasteiger partial charge >= 0.3 is 0 Å². The van der Waals surface area contributed by atoms with Gasteiger partial charge in [0.1, 0.15) is 0 Å². The number of hydrogen-bond donors (Lipinski definition) is 1. The fourth-order valence-electron chi connectivity index (χ4n) is 2.79. The molecule has 2 N–H and O–H groups in total. The molecule has 25 heavy (non-hydrogen) atoms. The van der Waals surface area contributed by atoms with Gasteiger partial charge in [0.2, 0.25) is 5.91 Å². The van der Waals surface area contributed by atoms with Crippen molar-refractivity contribution in [1.29, 1.82) is 0 Å². The highest BCUT2D eigenvalue weighted by molar-refractivity contribution is 5.95. The second-order valence-electron chi connectivity index (χ2n) is 6.34. The zero-order valence-electron chi connectivity index (χ0n) is 15.3. The minimum Gasteiger partial charge on any atom is -0.493 e. The first-order valence-electron chi connectivity index (χ1n) is 8.44. The third-order valence-electron chi connectivity index (χ3n) is 4.69. The number of piperazine rings is 1. The van der Waals surface area contributed by atoms with E-state index in [0.29, 0.717) is 43.2 Å². The Hall–Kier alpha value is -2.28. The van der Waals surface area contributed by atoms with E-state index >= 15 is 0 Å². The molecule has 1 aromatic carbocycles. The predicted molar refractivity (Wildman–Crippen MR) is 94.8 cm³/mol. The first-order valence-corrected chi connectivity index (χ1v) is 8.44. The molecule has 2 atom stereocenters. The van der Waals surface area contributed by atoms with Crippen LogP contribution < -0.4 is 15.2 Å². The zero-order valence-corrected chi connectivity index (χ0v) is 15.3. The molecule has 1 saturated heterocycles. The lowest BCUT2D eigenvalue weighted by Crippen LogP contribution is -2.53. The average Bonchev–Trinajstić information content (AvgIpc) is 2.65. The molecule has 2 rings (SSSR count). The number of amides is 2. The van der Waals surface area contributed by atoms with Gasteiger partial charge in [-0.05, 0) is 25.1 Å². The van der Waals surface area contributed by atoms with Crippen molar-refractivity contribution in [1.82, 2.24) is 9.80 Å². The SMILES string of the molecule is COc1ccc(C(=O)N2CCN(C(=O)C(C)C(C)N)CC2)cc1OC. The van der Waals surface area contributed by atoms with Gasteiger partial charge < -0.3 is 25.0 Å². The van der Waals surface area contributed by atoms with E-state index in [4.69, 9.17) is 15.2 Å². The van der Waals surface area contributed by atoms with Crippen LogP contribution in [0.25, 0.3) is 0 Å². The van der Waals surface area contributed by atoms with Crippen molar-refractivity contribution in [3.8, 4) is 11.5 Å². The lowest BCUT2D eigenvalue weighted by atomic mass is 10.0. The lowest BCUT2D eigenvalue weighted by molar-refractivity contribution is -0.137. The number of methoxy groups -OCH3 is 2. The molecule has 0 saturated carbocycles. The molecule has 1 aromatic rings. The summed E-state index contributed by atoms with van der Waals surface area (Å²) in [6.07, 6.45) is 0. The molecule has 0 aliphatic carbocycles. The van der Waals surface area contributed by atoms with E-state index in [1.54, 1.807) is 35.1 Å². The van der Waals surface area contributed by atoms with E-state index in [-0.39, 0.29) is 23.8 Å². The van der Waals surface area contributed by atoms with Crippen LogP contribution in [0.15, 0.2) is 18.2 Å². The Kier molecular flexibility index (Phi) is 6.25. The monoisotopic (exact) mass is 349 g/mol. The standard InChI is InChI=1S/C18H27N3O4/c1-12(13(2)19)17(22)20-7-9-21(10-8-20)18(23)14-5-6-15(24-3)16(11-14)25-4/h5-6,11-13H,7-10,19H2,1-4H3. The fraction of sp³-hybridized carbons (Fsp3) is 0.556. The maximum Gasteiger partial charge on any atom is 0.254 e. The van der Waals surface area contributed by atoms with Gasteiger partial charge in [0, 0.05) is 37.8 Å². The van der Waals surface area contributed by atoms with E-state index in [2.05, 4.69) is 0 Å². The Balaban J connectivity index is 2.01. The smallest absolute Gasteiger partial charge is 0.254 e. The van der Waals surface area contributed by atoms with Crippen molar-refractivity contribution < 1.29 is 19.1 Å². The number of ether oxygens (including phenoxy) is 2. The summed E-state index contributed by atoms with van der Waals surface area (Å²) in [6.45, 7) is 5.73. The maximum absolute atomic E-state index is 12.7. The molecular weight excluding hydrogens is 322 g/mol. The molecule has 0 aromatic heterocycles. The zero-order chi connectivity index (χ0) is 18.6. The lowest BCUT2D eigenvalue weighted by Gasteiger charge is -2.36. The molecular formula is C18H27N3O4. The molecule has 1 heterocycles. The fourth-order valence-corrected chi connectivity index (χ4v) is 2.79. The summed E-state index contributed by atoms with van der Waals surface area (Å²) in [5.74, 6) is 0.863. The summed E-state index contributed by atoms with van der Waals surface area (Å²) in [5.41, 5.74) is 6.35. The van der Waals surface area contributed by atoms with Gasteiger partial charge in [-0.3, -0.25) is 9.59 Å². The maximum atomic E-state index is 12.7. The van der Waals surface area contributed by atoms with Gasteiger partial charge in [-0.1, -0.05) is 6.92 Å². The molecule has 138 valence electrons. The summed E-state index contributed by atoms with van der Waals surface area (Å²) < 4.78 is 10.4. The van der Waals surface area contributed by atoms with Crippen molar-refractivity contribution in [2.75, 3.05) is 40.4 Å². The van der Waals surface area contributed by atoms with Crippen molar-refractivity contribution in [2.24, 2.45) is 11.7 Å². The number of rotatable bonds is 5. The number of nitrogens with zero attached hydrogens (tertiary/aromatic N) is 2. The number of hydrogen-bond acceptors (Lipinski definition) is 5. The second-order valence-corrected chi connectivity index (χ2v) is 6.34. The summed E-state index contributed by atoms with van der Waals surface area (Å²) in [7, 11) is 3.09. The van der Waals surface area contributed by atoms with Crippen LogP contribution in [0.5, 0.6) is 11.5 Å². The van der Waals surface area contributed by atoms with E-state index in [1.165, 1.54) is 7.11 Å². The number of benzene rings is 1. The van der Waals surface area contributed by atoms with E-state index < -0.39 is 0 Å². The van der Waals surface area contributed by atoms with Crippen LogP contribution in [0.1, 0.15) is 24.2 Å². The number of carbonyl (C=O) groups excluding carboxylic acids is 2. The Morgan fingerprint density at radius 1 is 1.00 bits per heavy atom. The first-order chi connectivity index (χ1) is 11.9. The molecule has 0 radical (unpaired) electrons. The summed E-state index contributed by atoms with van der Waals surface area (Å²) in [5, 5.41) is 0. The van der Waals surface area contributed by atoms with Gasteiger partial charge in [0.25, 0.3) is 5.91 Å². The number of carbonyl (C=O) groups is 2. The minimum absolute atomic E-state index is 0.0493. The van der Waals surface area contributed by atoms with Gasteiger partial charge in [0.05, 0.1) is 20.1 Å². The summed E-state index contributed by atoms with van der Waals surface area (Å²) in [6, 6.07) is 4.94. The van der Waals surface area contributed by atoms with E-state index in [9.17, 15) is 9.59 Å². The van der Waals surface area contributed by atoms with E-state index in [0.717, 1.165) is 0 Å². The topological polar surface area (TPSA) is 85.1 Å².